The lowest BCUT2D eigenvalue weighted by Crippen LogP contribution is -2.49. The summed E-state index contributed by atoms with van der Waals surface area (Å²) in [4.78, 5) is 15.8. The molecule has 3 atom stereocenters. The van der Waals surface area contributed by atoms with E-state index < -0.39 is 11.0 Å². The van der Waals surface area contributed by atoms with Gasteiger partial charge in [-0.25, -0.2) is 8.60 Å². The molecule has 1 saturated carbocycles. The minimum Gasteiger partial charge on any atom is -0.511 e. The molecule has 0 bridgehead atoms. The number of carbonyl (C=O) groups excluding carboxylic acids is 1. The molecule has 6 nitrogen and oxygen atoms in total. The molecule has 2 aromatic carbocycles. The number of aliphatic hydroxyl groups is 1. The lowest BCUT2D eigenvalue weighted by Gasteiger charge is -2.39. The molecule has 3 aliphatic rings. The number of anilines is 1. The van der Waals surface area contributed by atoms with E-state index in [9.17, 15) is 18.5 Å². The number of rotatable bonds is 3. The Labute approximate surface area is 182 Å². The minimum absolute atomic E-state index is 0.0154. The van der Waals surface area contributed by atoms with Gasteiger partial charge in [-0.05, 0) is 55.2 Å². The van der Waals surface area contributed by atoms with E-state index in [4.69, 9.17) is 0 Å². The summed E-state index contributed by atoms with van der Waals surface area (Å²) >= 11 is 0. The number of nitrogens with one attached hydrogen (secondary N) is 1. The normalized spacial score (nSPS) is 25.1. The van der Waals surface area contributed by atoms with Gasteiger partial charge in [-0.2, -0.15) is 4.40 Å². The van der Waals surface area contributed by atoms with Crippen molar-refractivity contribution in [2.75, 3.05) is 5.32 Å². The Balaban J connectivity index is 1.53. The summed E-state index contributed by atoms with van der Waals surface area (Å²) in [6.45, 7) is 2.21. The number of benzene rings is 2. The predicted octanol–water partition coefficient (Wildman–Crippen LogP) is 4.00. The van der Waals surface area contributed by atoms with Gasteiger partial charge in [0.2, 0.25) is 0 Å². The number of amides is 1. The van der Waals surface area contributed by atoms with Crippen LogP contribution in [0.4, 0.5) is 10.1 Å². The molecule has 0 saturated heterocycles. The Kier molecular flexibility index (Phi) is 4.89. The minimum atomic E-state index is -1.68. The van der Waals surface area contributed by atoms with Gasteiger partial charge in [0.05, 0.1) is 10.6 Å². The SMILES string of the molecule is Cc1ccc2c(c1)S(=O)N=C(C1=C(O)C3CCCC3N(Cc3ccc(F)cc3)C1=O)N2. The van der Waals surface area contributed by atoms with Crippen molar-refractivity contribution >= 4 is 28.4 Å². The van der Waals surface area contributed by atoms with Crippen LogP contribution in [-0.2, 0) is 22.3 Å². The number of halogens is 1. The third kappa shape index (κ3) is 3.44. The first-order valence-corrected chi connectivity index (χ1v) is 11.4. The van der Waals surface area contributed by atoms with Crippen molar-refractivity contribution in [3.05, 3.63) is 70.7 Å². The lowest BCUT2D eigenvalue weighted by atomic mass is 9.89. The van der Waals surface area contributed by atoms with Gasteiger partial charge in [-0.1, -0.05) is 24.6 Å². The van der Waals surface area contributed by atoms with E-state index in [-0.39, 0.29) is 40.9 Å². The number of amidine groups is 1. The Morgan fingerprint density at radius 1 is 1.23 bits per heavy atom. The van der Waals surface area contributed by atoms with Crippen LogP contribution in [0.1, 0.15) is 30.4 Å². The third-order valence-corrected chi connectivity index (χ3v) is 7.28. The fraction of sp³-hybridized carbons (Fsp3) is 0.304. The summed E-state index contributed by atoms with van der Waals surface area (Å²) in [5.41, 5.74) is 2.46. The van der Waals surface area contributed by atoms with Gasteiger partial charge in [0.1, 0.15) is 17.1 Å². The first-order valence-electron chi connectivity index (χ1n) is 10.3. The van der Waals surface area contributed by atoms with E-state index in [1.54, 1.807) is 29.2 Å². The molecule has 2 heterocycles. The van der Waals surface area contributed by atoms with Gasteiger partial charge < -0.3 is 15.3 Å². The molecule has 1 fully saturated rings. The first kappa shape index (κ1) is 19.9. The van der Waals surface area contributed by atoms with Crippen molar-refractivity contribution in [2.45, 2.75) is 43.7 Å². The summed E-state index contributed by atoms with van der Waals surface area (Å²) in [6, 6.07) is 11.4. The molecule has 3 unspecified atom stereocenters. The summed E-state index contributed by atoms with van der Waals surface area (Å²) in [6.07, 6.45) is 2.45. The smallest absolute Gasteiger partial charge is 0.261 e. The molecule has 31 heavy (non-hydrogen) atoms. The van der Waals surface area contributed by atoms with Crippen LogP contribution >= 0.6 is 0 Å². The van der Waals surface area contributed by atoms with Crippen molar-refractivity contribution < 1.29 is 18.5 Å². The monoisotopic (exact) mass is 439 g/mol. The Hall–Kier alpha value is -3.00. The van der Waals surface area contributed by atoms with Crippen LogP contribution in [0.3, 0.4) is 0 Å². The highest BCUT2D eigenvalue weighted by Gasteiger charge is 2.46. The third-order valence-electron chi connectivity index (χ3n) is 6.22. The zero-order valence-electron chi connectivity index (χ0n) is 17.0. The van der Waals surface area contributed by atoms with E-state index in [2.05, 4.69) is 9.71 Å². The number of hydrogen-bond acceptors (Lipinski definition) is 4. The maximum atomic E-state index is 13.5. The molecular formula is C23H22FN3O3S. The van der Waals surface area contributed by atoms with Gasteiger partial charge in [-0.3, -0.25) is 4.79 Å². The summed E-state index contributed by atoms with van der Waals surface area (Å²) in [5.74, 6) is -0.731. The second kappa shape index (κ2) is 7.60. The molecular weight excluding hydrogens is 417 g/mol. The van der Waals surface area contributed by atoms with Crippen LogP contribution in [0.25, 0.3) is 0 Å². The second-order valence-corrected chi connectivity index (χ2v) is 9.36. The van der Waals surface area contributed by atoms with Gasteiger partial charge in [0, 0.05) is 18.5 Å². The van der Waals surface area contributed by atoms with Gasteiger partial charge in [0.15, 0.2) is 16.8 Å². The second-order valence-electron chi connectivity index (χ2n) is 8.24. The number of aryl methyl sites for hydroxylation is 1. The molecule has 0 aromatic heterocycles. The molecule has 2 N–H and O–H groups in total. The highest BCUT2D eigenvalue weighted by Crippen LogP contribution is 2.41. The molecule has 1 amide bonds. The average molecular weight is 440 g/mol. The summed E-state index contributed by atoms with van der Waals surface area (Å²) < 4.78 is 30.3. The Morgan fingerprint density at radius 3 is 2.77 bits per heavy atom. The molecule has 2 aromatic rings. The van der Waals surface area contributed by atoms with Crippen molar-refractivity contribution in [1.82, 2.24) is 4.90 Å². The van der Waals surface area contributed by atoms with Gasteiger partial charge in [0.25, 0.3) is 5.91 Å². The van der Waals surface area contributed by atoms with Gasteiger partial charge >= 0.3 is 0 Å². The van der Waals surface area contributed by atoms with E-state index in [0.29, 0.717) is 17.1 Å². The van der Waals surface area contributed by atoms with Crippen LogP contribution in [-0.4, -0.2) is 32.0 Å². The molecule has 8 heteroatoms. The molecule has 1 aliphatic carbocycles. The van der Waals surface area contributed by atoms with Crippen LogP contribution in [0.5, 0.6) is 0 Å². The van der Waals surface area contributed by atoms with Crippen LogP contribution in [0.2, 0.25) is 0 Å². The largest absolute Gasteiger partial charge is 0.511 e. The van der Waals surface area contributed by atoms with E-state index in [1.807, 2.05) is 13.0 Å². The van der Waals surface area contributed by atoms with E-state index in [1.165, 1.54) is 12.1 Å². The van der Waals surface area contributed by atoms with Crippen molar-refractivity contribution in [2.24, 2.45) is 10.3 Å². The van der Waals surface area contributed by atoms with Crippen LogP contribution < -0.4 is 5.32 Å². The molecule has 0 spiro atoms. The van der Waals surface area contributed by atoms with Gasteiger partial charge in [-0.15, -0.1) is 0 Å². The zero-order chi connectivity index (χ0) is 21.7. The van der Waals surface area contributed by atoms with Crippen LogP contribution in [0.15, 0.2) is 63.1 Å². The van der Waals surface area contributed by atoms with E-state index in [0.717, 1.165) is 30.4 Å². The van der Waals surface area contributed by atoms with Crippen molar-refractivity contribution in [3.63, 3.8) is 0 Å². The summed E-state index contributed by atoms with van der Waals surface area (Å²) in [5, 5.41) is 14.1. The standard InChI is InChI=1S/C23H22FN3O3S/c1-13-5-10-17-19(11-13)31(30)26-22(25-17)20-21(28)16-3-2-4-18(16)27(23(20)29)12-14-6-8-15(24)9-7-14/h5-11,16,18,28H,2-4,12H2,1H3,(H,25,26). The molecule has 160 valence electrons. The molecule has 5 rings (SSSR count). The van der Waals surface area contributed by atoms with E-state index >= 15 is 0 Å². The average Bonchev–Trinajstić information content (AvgIpc) is 3.23. The molecule has 2 aliphatic heterocycles. The fourth-order valence-corrected chi connectivity index (χ4v) is 5.68. The Bertz CT molecular complexity index is 1160. The number of nitrogens with zero attached hydrogens (tertiary/aromatic N) is 2. The number of carbonyl (C=O) groups is 1. The number of aliphatic hydroxyl groups excluding tert-OH is 1. The topological polar surface area (TPSA) is 82.0 Å². The Morgan fingerprint density at radius 2 is 2.00 bits per heavy atom. The first-order chi connectivity index (χ1) is 14.9. The maximum absolute atomic E-state index is 13.5. The van der Waals surface area contributed by atoms with Crippen molar-refractivity contribution in [1.29, 1.82) is 0 Å². The lowest BCUT2D eigenvalue weighted by molar-refractivity contribution is -0.132. The summed E-state index contributed by atoms with van der Waals surface area (Å²) in [7, 11) is -1.68. The molecule has 0 radical (unpaired) electrons. The van der Waals surface area contributed by atoms with Crippen LogP contribution in [0, 0.1) is 18.7 Å². The quantitative estimate of drug-likeness (QED) is 0.757. The fourth-order valence-electron chi connectivity index (χ4n) is 4.69. The highest BCUT2D eigenvalue weighted by atomic mass is 32.2. The highest BCUT2D eigenvalue weighted by molar-refractivity contribution is 7.84. The zero-order valence-corrected chi connectivity index (χ0v) is 17.8. The predicted molar refractivity (Wildman–Crippen MR) is 116 cm³/mol. The number of hydrogen-bond donors (Lipinski definition) is 2. The van der Waals surface area contributed by atoms with Crippen molar-refractivity contribution in [3.8, 4) is 0 Å². The maximum Gasteiger partial charge on any atom is 0.261 e. The number of fused-ring (bicyclic) bond motifs is 2.